The average molecular weight is 1560 g/mol. The predicted molar refractivity (Wildman–Crippen MR) is 478 cm³/mol. The summed E-state index contributed by atoms with van der Waals surface area (Å²) in [6.45, 7) is 42.3. The van der Waals surface area contributed by atoms with Gasteiger partial charge in [-0.25, -0.2) is 4.85 Å². The summed E-state index contributed by atoms with van der Waals surface area (Å²) in [6, 6.07) is 93.5. The number of aromatic nitrogens is 12. The second-order valence-corrected chi connectivity index (χ2v) is 32.2. The van der Waals surface area contributed by atoms with E-state index in [1.54, 1.807) is 0 Å². The van der Waals surface area contributed by atoms with Crippen LogP contribution in [-0.4, -0.2) is 19.9 Å². The molecule has 0 N–H and O–H groups in total. The molecule has 13 nitrogen and oxygen atoms in total. The SMILES string of the molecule is Cc1c(-[n+]2cc3ccccc3cc2C)cccc1-[n+]1c(C)ncc2ccccc21.Cc1c(-[n+]2ccccc2C)cc(C(C)(C)C)cc1-[n+]1cc2ccccc2nc1C.Cc1cc(-[n+]2cc3ccccc3cc2C)c(C)c(-[n+]2c(C)ncc3ccccc32)c1.[C-]#[N+]c1cc(-[n+]2c(C)ccc3ccccc32)c(C)c(-[n+]2c(C)ncc3ccccc32)c1. The summed E-state index contributed by atoms with van der Waals surface area (Å²) in [4.78, 5) is 22.6. The number of hydrogen-bond donors (Lipinski definition) is 0. The van der Waals surface area contributed by atoms with Crippen LogP contribution in [0, 0.1) is 96.6 Å². The third kappa shape index (κ3) is 15.4. The fourth-order valence-electron chi connectivity index (χ4n) is 16.7. The maximum absolute atomic E-state index is 7.76. The third-order valence-electron chi connectivity index (χ3n) is 23.1. The Bertz CT molecular complexity index is 7190. The highest BCUT2D eigenvalue weighted by Gasteiger charge is 2.31. The molecule has 19 rings (SSSR count). The second kappa shape index (κ2) is 32.7. The zero-order chi connectivity index (χ0) is 83.1. The van der Waals surface area contributed by atoms with Crippen molar-refractivity contribution in [3.63, 3.8) is 0 Å². The Labute approximate surface area is 696 Å². The van der Waals surface area contributed by atoms with Gasteiger partial charge in [-0.15, -0.1) is 0 Å². The van der Waals surface area contributed by atoms with Crippen LogP contribution in [-0.2, 0) is 5.41 Å². The Morgan fingerprint density at radius 3 is 1.19 bits per heavy atom. The van der Waals surface area contributed by atoms with Gasteiger partial charge < -0.3 is 0 Å². The molecule has 580 valence electrons. The smallest absolute Gasteiger partial charge is 0.238 e. The van der Waals surface area contributed by atoms with E-state index in [-0.39, 0.29) is 5.41 Å². The van der Waals surface area contributed by atoms with Crippen LogP contribution in [0.3, 0.4) is 0 Å². The van der Waals surface area contributed by atoms with Crippen molar-refractivity contribution < 1.29 is 36.5 Å². The molecule has 0 atom stereocenters. The van der Waals surface area contributed by atoms with Gasteiger partial charge in [-0.2, -0.15) is 36.5 Å². The molecule has 0 unspecified atom stereocenters. The number of fused-ring (bicyclic) bond motifs is 7. The number of rotatable bonds is 8. The van der Waals surface area contributed by atoms with Crippen molar-refractivity contribution in [3.8, 4) is 45.5 Å². The first kappa shape index (κ1) is 78.5. The molecule has 0 fully saturated rings. The fraction of sp³-hybridized carbons (Fsp3) is 0.160. The van der Waals surface area contributed by atoms with Crippen molar-refractivity contribution in [2.45, 2.75) is 116 Å². The first-order chi connectivity index (χ1) is 57.5. The van der Waals surface area contributed by atoms with Crippen molar-refractivity contribution >= 4 is 81.7 Å². The largest absolute Gasteiger partial charge is 0.301 e. The second-order valence-electron chi connectivity index (χ2n) is 32.2. The van der Waals surface area contributed by atoms with Crippen molar-refractivity contribution in [1.82, 2.24) is 19.9 Å². The topological polar surface area (TPSA) is 87.0 Å². The first-order valence-corrected chi connectivity index (χ1v) is 40.7. The predicted octanol–water partition coefficient (Wildman–Crippen LogP) is 20.5. The fourth-order valence-corrected chi connectivity index (χ4v) is 16.7. The van der Waals surface area contributed by atoms with Gasteiger partial charge in [0.15, 0.2) is 71.2 Å². The molecule has 0 amide bonds. The molecule has 19 aromatic rings. The molecule has 0 saturated heterocycles. The lowest BCUT2D eigenvalue weighted by Gasteiger charge is -2.21. The molecule has 8 aromatic heterocycles. The highest BCUT2D eigenvalue weighted by Crippen LogP contribution is 2.32. The van der Waals surface area contributed by atoms with Gasteiger partial charge in [0.25, 0.3) is 0 Å². The quantitative estimate of drug-likeness (QED) is 0.112. The first-order valence-electron chi connectivity index (χ1n) is 40.7. The highest BCUT2D eigenvalue weighted by molar-refractivity contribution is 5.83. The molecule has 0 saturated carbocycles. The summed E-state index contributed by atoms with van der Waals surface area (Å²) in [5, 5.41) is 10.6. The maximum Gasteiger partial charge on any atom is 0.301 e. The van der Waals surface area contributed by atoms with Gasteiger partial charge in [-0.1, -0.05) is 145 Å². The Hall–Kier alpha value is -14.4. The van der Waals surface area contributed by atoms with Crippen LogP contribution in [0.2, 0.25) is 0 Å². The van der Waals surface area contributed by atoms with Crippen molar-refractivity contribution in [2.24, 2.45) is 0 Å². The van der Waals surface area contributed by atoms with E-state index >= 15 is 0 Å². The van der Waals surface area contributed by atoms with Gasteiger partial charge in [-0.05, 0) is 164 Å². The molecule has 0 spiro atoms. The van der Waals surface area contributed by atoms with Gasteiger partial charge in [0.1, 0.15) is 45.5 Å². The van der Waals surface area contributed by atoms with Crippen molar-refractivity contribution in [3.05, 3.63) is 401 Å². The van der Waals surface area contributed by atoms with E-state index in [9.17, 15) is 0 Å². The Morgan fingerprint density at radius 2 is 0.664 bits per heavy atom. The molecule has 0 aliphatic rings. The molecule has 0 bridgehead atoms. The summed E-state index contributed by atoms with van der Waals surface area (Å²) in [5.74, 6) is 3.82. The van der Waals surface area contributed by atoms with E-state index in [1.165, 1.54) is 106 Å². The zero-order valence-electron chi connectivity index (χ0n) is 70.8. The molecular formula is C106H99N13+8. The lowest BCUT2D eigenvalue weighted by Crippen LogP contribution is -2.40. The van der Waals surface area contributed by atoms with Gasteiger partial charge in [0, 0.05) is 132 Å². The number of pyridine rings is 4. The molecule has 11 aromatic carbocycles. The molecule has 13 heteroatoms. The number of hydrogen-bond acceptors (Lipinski definition) is 4. The van der Waals surface area contributed by atoms with Gasteiger partial charge in [-0.3, -0.25) is 0 Å². The minimum Gasteiger partial charge on any atom is -0.238 e. The summed E-state index contributed by atoms with van der Waals surface area (Å²) in [6.07, 6.45) is 14.6. The average Bonchev–Trinajstić information content (AvgIpc) is 0.803. The molecule has 0 aliphatic carbocycles. The minimum absolute atomic E-state index is 0.0409. The van der Waals surface area contributed by atoms with Crippen LogP contribution in [0.4, 0.5) is 5.69 Å². The molecular weight excluding hydrogens is 1460 g/mol. The standard InChI is InChI=1S/C27H22N4.C27H25N3.C26H23N3.C26H29N3/c1-18-13-14-21-9-5-7-11-24(21)30(18)26-15-23(28-4)16-27(19(26)2)31-20(3)29-17-22-10-6-8-12-25(22)31;1-18-13-26(29-17-24-11-6-5-9-22(24)15-19(29)2)20(3)27(14-18)30-21(4)28-16-23-10-7-8-12-25(23)30;1-18-15-21-9-4-5-11-23(21)17-28(18)24-13-8-14-25(19(24)2)29-20(3)27-16-22-10-6-7-12-26(22)29;1-18-11-9-10-14-28(18)24-15-22(26(4,5)6)16-25(19(24)2)29-17-21-12-7-8-13-23(21)27-20(29)3/h5-17H,1-3H3;5-17H,1-4H3;4-17H,1-3H3;7-17H,1-6H3/q4*+2. The van der Waals surface area contributed by atoms with Crippen LogP contribution in [0.15, 0.2) is 310 Å². The van der Waals surface area contributed by atoms with Crippen LogP contribution < -0.4 is 36.5 Å². The Morgan fingerprint density at radius 1 is 0.277 bits per heavy atom. The van der Waals surface area contributed by atoms with Crippen LogP contribution >= 0.6 is 0 Å². The summed E-state index contributed by atoms with van der Waals surface area (Å²) >= 11 is 0. The van der Waals surface area contributed by atoms with Gasteiger partial charge >= 0.3 is 23.3 Å². The molecule has 8 heterocycles. The van der Waals surface area contributed by atoms with Crippen LogP contribution in [0.5, 0.6) is 0 Å². The summed E-state index contributed by atoms with van der Waals surface area (Å²) < 4.78 is 18.0. The van der Waals surface area contributed by atoms with Gasteiger partial charge in [0.05, 0.1) is 50.4 Å². The lowest BCUT2D eigenvalue weighted by atomic mass is 9.85. The normalized spacial score (nSPS) is 11.4. The third-order valence-corrected chi connectivity index (χ3v) is 23.1. The monoisotopic (exact) mass is 1550 g/mol. The minimum atomic E-state index is 0.0409. The highest BCUT2D eigenvalue weighted by atomic mass is 15.1. The lowest BCUT2D eigenvalue weighted by molar-refractivity contribution is -0.613. The number of para-hydroxylation sites is 5. The van der Waals surface area contributed by atoms with E-state index in [0.717, 1.165) is 95.1 Å². The van der Waals surface area contributed by atoms with E-state index in [1.807, 2.05) is 55.8 Å². The van der Waals surface area contributed by atoms with E-state index in [4.69, 9.17) is 11.6 Å². The van der Waals surface area contributed by atoms with E-state index < -0.39 is 0 Å². The van der Waals surface area contributed by atoms with Crippen LogP contribution in [0.25, 0.3) is 126 Å². The molecule has 0 aliphatic heterocycles. The zero-order valence-corrected chi connectivity index (χ0v) is 70.8. The molecule has 119 heavy (non-hydrogen) atoms. The summed E-state index contributed by atoms with van der Waals surface area (Å²) in [7, 11) is 0. The maximum atomic E-state index is 7.76. The van der Waals surface area contributed by atoms with Crippen molar-refractivity contribution in [2.75, 3.05) is 0 Å². The Kier molecular flexibility index (Phi) is 21.6. The van der Waals surface area contributed by atoms with Gasteiger partial charge in [0.2, 0.25) is 28.3 Å². The molecule has 0 radical (unpaired) electrons. The Balaban J connectivity index is 0.000000118. The van der Waals surface area contributed by atoms with Crippen molar-refractivity contribution in [1.29, 1.82) is 0 Å². The number of benzene rings is 11. The van der Waals surface area contributed by atoms with E-state index in [2.05, 4.69) is 422 Å². The summed E-state index contributed by atoms with van der Waals surface area (Å²) in [5.41, 5.74) is 27.4. The number of nitrogens with zero attached hydrogens (tertiary/aromatic N) is 13. The van der Waals surface area contributed by atoms with Crippen LogP contribution in [0.1, 0.15) is 100 Å². The number of aryl methyl sites for hydroxylation is 9. The van der Waals surface area contributed by atoms with E-state index in [0.29, 0.717) is 5.69 Å².